The van der Waals surface area contributed by atoms with Gasteiger partial charge in [-0.3, -0.25) is 9.59 Å². The van der Waals surface area contributed by atoms with Crippen LogP contribution in [0.4, 0.5) is 0 Å². The third kappa shape index (κ3) is 5.03. The van der Waals surface area contributed by atoms with Crippen LogP contribution in [-0.2, 0) is 16.1 Å². The fourth-order valence-corrected chi connectivity index (χ4v) is 1.75. The lowest BCUT2D eigenvalue weighted by atomic mass is 10.2. The van der Waals surface area contributed by atoms with Crippen LogP contribution < -0.4 is 10.7 Å². The summed E-state index contributed by atoms with van der Waals surface area (Å²) in [4.78, 5) is 23.2. The SMILES string of the molecule is O=C(NCc1ccc(Cl)cc1)C(=O)N/N=C/c1ccccc1. The summed E-state index contributed by atoms with van der Waals surface area (Å²) >= 11 is 5.77. The lowest BCUT2D eigenvalue weighted by Crippen LogP contribution is -2.37. The molecule has 2 amide bonds. The maximum atomic E-state index is 11.6. The Balaban J connectivity index is 1.78. The number of amides is 2. The maximum Gasteiger partial charge on any atom is 0.329 e. The molecule has 0 bridgehead atoms. The van der Waals surface area contributed by atoms with E-state index in [1.807, 2.05) is 30.3 Å². The fourth-order valence-electron chi connectivity index (χ4n) is 1.62. The molecular weight excluding hydrogens is 302 g/mol. The summed E-state index contributed by atoms with van der Waals surface area (Å²) in [5.41, 5.74) is 3.84. The smallest absolute Gasteiger partial charge is 0.329 e. The van der Waals surface area contributed by atoms with E-state index in [2.05, 4.69) is 15.8 Å². The van der Waals surface area contributed by atoms with E-state index in [1.165, 1.54) is 6.21 Å². The van der Waals surface area contributed by atoms with Gasteiger partial charge in [-0.1, -0.05) is 54.1 Å². The molecule has 6 heteroatoms. The Labute approximate surface area is 133 Å². The average molecular weight is 316 g/mol. The van der Waals surface area contributed by atoms with Gasteiger partial charge in [-0.15, -0.1) is 0 Å². The standard InChI is InChI=1S/C16H14ClN3O2/c17-14-8-6-13(7-9-14)10-18-15(21)16(22)20-19-11-12-4-2-1-3-5-12/h1-9,11H,10H2,(H,18,21)(H,20,22)/b19-11+. The molecule has 0 aliphatic carbocycles. The van der Waals surface area contributed by atoms with Crippen molar-refractivity contribution in [3.8, 4) is 0 Å². The largest absolute Gasteiger partial charge is 0.344 e. The Morgan fingerprint density at radius 3 is 2.36 bits per heavy atom. The average Bonchev–Trinajstić information content (AvgIpc) is 2.55. The van der Waals surface area contributed by atoms with Crippen LogP contribution in [0.1, 0.15) is 11.1 Å². The van der Waals surface area contributed by atoms with Crippen molar-refractivity contribution in [1.82, 2.24) is 10.7 Å². The second-order valence-electron chi connectivity index (χ2n) is 4.42. The number of hydrogen-bond donors (Lipinski definition) is 2. The Morgan fingerprint density at radius 1 is 1.00 bits per heavy atom. The second kappa shape index (κ2) is 7.95. The lowest BCUT2D eigenvalue weighted by Gasteiger charge is -2.04. The van der Waals surface area contributed by atoms with Crippen molar-refractivity contribution in [3.63, 3.8) is 0 Å². The second-order valence-corrected chi connectivity index (χ2v) is 4.86. The van der Waals surface area contributed by atoms with Crippen LogP contribution in [0.5, 0.6) is 0 Å². The quantitative estimate of drug-likeness (QED) is 0.515. The summed E-state index contributed by atoms with van der Waals surface area (Å²) in [6.07, 6.45) is 1.46. The Morgan fingerprint density at radius 2 is 1.68 bits per heavy atom. The van der Waals surface area contributed by atoms with Gasteiger partial charge in [0.2, 0.25) is 0 Å². The lowest BCUT2D eigenvalue weighted by molar-refractivity contribution is -0.139. The molecule has 0 spiro atoms. The van der Waals surface area contributed by atoms with Gasteiger partial charge in [0.25, 0.3) is 0 Å². The van der Waals surface area contributed by atoms with E-state index in [0.29, 0.717) is 5.02 Å². The van der Waals surface area contributed by atoms with E-state index in [4.69, 9.17) is 11.6 Å². The minimum Gasteiger partial charge on any atom is -0.344 e. The van der Waals surface area contributed by atoms with E-state index in [1.54, 1.807) is 24.3 Å². The van der Waals surface area contributed by atoms with E-state index in [0.717, 1.165) is 11.1 Å². The number of hydrazone groups is 1. The number of nitrogens with one attached hydrogen (secondary N) is 2. The maximum absolute atomic E-state index is 11.6. The summed E-state index contributed by atoms with van der Waals surface area (Å²) in [5.74, 6) is -1.57. The highest BCUT2D eigenvalue weighted by Gasteiger charge is 2.11. The molecule has 2 aromatic carbocycles. The van der Waals surface area contributed by atoms with Gasteiger partial charge in [-0.2, -0.15) is 5.10 Å². The normalized spacial score (nSPS) is 10.4. The van der Waals surface area contributed by atoms with Gasteiger partial charge >= 0.3 is 11.8 Å². The van der Waals surface area contributed by atoms with Gasteiger partial charge in [0.1, 0.15) is 0 Å². The molecule has 112 valence electrons. The van der Waals surface area contributed by atoms with Gasteiger partial charge in [0.15, 0.2) is 0 Å². The van der Waals surface area contributed by atoms with Crippen molar-refractivity contribution in [2.75, 3.05) is 0 Å². The molecule has 0 saturated carbocycles. The summed E-state index contributed by atoms with van der Waals surface area (Å²) in [7, 11) is 0. The van der Waals surface area contributed by atoms with Crippen molar-refractivity contribution >= 4 is 29.6 Å². The third-order valence-electron chi connectivity index (χ3n) is 2.75. The van der Waals surface area contributed by atoms with E-state index < -0.39 is 11.8 Å². The molecule has 5 nitrogen and oxygen atoms in total. The molecule has 0 atom stereocenters. The summed E-state index contributed by atoms with van der Waals surface area (Å²) in [6, 6.07) is 16.2. The van der Waals surface area contributed by atoms with Crippen molar-refractivity contribution in [2.45, 2.75) is 6.54 Å². The fraction of sp³-hybridized carbons (Fsp3) is 0.0625. The number of rotatable bonds is 4. The van der Waals surface area contributed by atoms with Crippen LogP contribution in [0.25, 0.3) is 0 Å². The number of carbonyl (C=O) groups excluding carboxylic acids is 2. The Bertz CT molecular complexity index is 670. The van der Waals surface area contributed by atoms with Crippen LogP contribution in [0.2, 0.25) is 5.02 Å². The highest BCUT2D eigenvalue weighted by atomic mass is 35.5. The molecule has 0 radical (unpaired) electrons. The highest BCUT2D eigenvalue weighted by Crippen LogP contribution is 2.08. The third-order valence-corrected chi connectivity index (χ3v) is 3.00. The molecule has 0 aliphatic rings. The van der Waals surface area contributed by atoms with Crippen molar-refractivity contribution in [3.05, 3.63) is 70.7 Å². The molecule has 0 aliphatic heterocycles. The van der Waals surface area contributed by atoms with Crippen molar-refractivity contribution in [1.29, 1.82) is 0 Å². The first-order valence-electron chi connectivity index (χ1n) is 6.56. The summed E-state index contributed by atoms with van der Waals surface area (Å²) < 4.78 is 0. The number of nitrogens with zero attached hydrogens (tertiary/aromatic N) is 1. The molecule has 0 fully saturated rings. The van der Waals surface area contributed by atoms with Gasteiger partial charge in [-0.05, 0) is 23.3 Å². The molecule has 0 heterocycles. The molecule has 0 saturated heterocycles. The number of halogens is 1. The summed E-state index contributed by atoms with van der Waals surface area (Å²) in [5, 5.41) is 6.84. The van der Waals surface area contributed by atoms with Crippen LogP contribution in [-0.4, -0.2) is 18.0 Å². The Kier molecular flexibility index (Phi) is 5.68. The predicted molar refractivity (Wildman–Crippen MR) is 85.5 cm³/mol. The molecule has 0 aromatic heterocycles. The van der Waals surface area contributed by atoms with Gasteiger partial charge < -0.3 is 5.32 Å². The van der Waals surface area contributed by atoms with Gasteiger partial charge in [0.05, 0.1) is 6.21 Å². The van der Waals surface area contributed by atoms with Crippen LogP contribution in [0.15, 0.2) is 59.7 Å². The minimum atomic E-state index is -0.818. The Hall–Kier alpha value is -2.66. The number of hydrogen-bond acceptors (Lipinski definition) is 3. The molecule has 2 rings (SSSR count). The molecular formula is C16H14ClN3O2. The molecule has 0 unspecified atom stereocenters. The van der Waals surface area contributed by atoms with E-state index in [-0.39, 0.29) is 6.54 Å². The molecule has 22 heavy (non-hydrogen) atoms. The van der Waals surface area contributed by atoms with Gasteiger partial charge in [0, 0.05) is 11.6 Å². The first-order chi connectivity index (χ1) is 10.6. The first kappa shape index (κ1) is 15.7. The number of carbonyl (C=O) groups is 2. The van der Waals surface area contributed by atoms with Crippen LogP contribution >= 0.6 is 11.6 Å². The zero-order valence-corrected chi connectivity index (χ0v) is 12.4. The summed E-state index contributed by atoms with van der Waals surface area (Å²) in [6.45, 7) is 0.242. The zero-order chi connectivity index (χ0) is 15.8. The van der Waals surface area contributed by atoms with Crippen LogP contribution in [0, 0.1) is 0 Å². The van der Waals surface area contributed by atoms with Crippen molar-refractivity contribution < 1.29 is 9.59 Å². The molecule has 2 aromatic rings. The zero-order valence-electron chi connectivity index (χ0n) is 11.6. The minimum absolute atomic E-state index is 0.242. The van der Waals surface area contributed by atoms with Crippen molar-refractivity contribution in [2.24, 2.45) is 5.10 Å². The van der Waals surface area contributed by atoms with E-state index in [9.17, 15) is 9.59 Å². The first-order valence-corrected chi connectivity index (χ1v) is 6.93. The van der Waals surface area contributed by atoms with E-state index >= 15 is 0 Å². The topological polar surface area (TPSA) is 70.6 Å². The highest BCUT2D eigenvalue weighted by molar-refractivity contribution is 6.35. The predicted octanol–water partition coefficient (Wildman–Crippen LogP) is 2.11. The van der Waals surface area contributed by atoms with Gasteiger partial charge in [-0.25, -0.2) is 5.43 Å². The molecule has 2 N–H and O–H groups in total. The number of benzene rings is 2. The van der Waals surface area contributed by atoms with Crippen LogP contribution in [0.3, 0.4) is 0 Å². The monoisotopic (exact) mass is 315 g/mol.